The highest BCUT2D eigenvalue weighted by Crippen LogP contribution is 2.32. The van der Waals surface area contributed by atoms with Gasteiger partial charge in [0.05, 0.1) is 17.6 Å². The monoisotopic (exact) mass is 326 g/mol. The first-order valence-corrected chi connectivity index (χ1v) is 8.10. The molecule has 0 N–H and O–H groups in total. The van der Waals surface area contributed by atoms with Crippen molar-refractivity contribution in [3.8, 4) is 17.9 Å². The van der Waals surface area contributed by atoms with Crippen LogP contribution in [0.25, 0.3) is 0 Å². The number of hydrogen-bond donors (Lipinski definition) is 0. The lowest BCUT2D eigenvalue weighted by molar-refractivity contribution is -0.140. The summed E-state index contributed by atoms with van der Waals surface area (Å²) in [6, 6.07) is 9.97. The maximum absolute atomic E-state index is 12.7. The number of esters is 1. The Bertz CT molecular complexity index is 675. The quantitative estimate of drug-likeness (QED) is 0.456. The fourth-order valence-electron chi connectivity index (χ4n) is 2.98. The molecule has 0 bridgehead atoms. The number of carbonyl (C=O) groups is 1. The number of nitrogens with zero attached hydrogens (tertiary/aromatic N) is 2. The average molecular weight is 326 g/mol. The number of rotatable bonds is 5. The number of nitriles is 2. The highest BCUT2D eigenvalue weighted by Gasteiger charge is 2.27. The van der Waals surface area contributed by atoms with E-state index in [4.69, 9.17) is 15.3 Å². The lowest BCUT2D eigenvalue weighted by atomic mass is 9.80. The van der Waals surface area contributed by atoms with Crippen molar-refractivity contribution in [2.75, 3.05) is 0 Å². The maximum atomic E-state index is 12.7. The Hall–Kier alpha value is -2.66. The van der Waals surface area contributed by atoms with E-state index in [1.54, 1.807) is 24.3 Å². The van der Waals surface area contributed by atoms with Gasteiger partial charge in [-0.1, -0.05) is 0 Å². The molecule has 1 aliphatic carbocycles. The standard InChI is InChI=1S/C19H19FN2O2/c20-17(13-22)3-1-2-14-4-8-16(9-5-14)19(23)24-18-10-6-15(12-21)7-11-18/h3,6-7,10-11,14,16H,1-2,4-5,8-9H2/t14-,16-. The third kappa shape index (κ3) is 5.21. The number of hydrogen-bond acceptors (Lipinski definition) is 4. The summed E-state index contributed by atoms with van der Waals surface area (Å²) in [4.78, 5) is 12.2. The van der Waals surface area contributed by atoms with Crippen molar-refractivity contribution in [3.63, 3.8) is 0 Å². The van der Waals surface area contributed by atoms with Gasteiger partial charge in [-0.15, -0.1) is 0 Å². The van der Waals surface area contributed by atoms with E-state index >= 15 is 0 Å². The smallest absolute Gasteiger partial charge is 0.314 e. The second-order valence-electron chi connectivity index (χ2n) is 6.02. The molecule has 0 atom stereocenters. The Morgan fingerprint density at radius 3 is 2.46 bits per heavy atom. The molecule has 124 valence electrons. The molecule has 1 aliphatic rings. The molecular weight excluding hydrogens is 307 g/mol. The molecule has 0 heterocycles. The number of halogens is 1. The molecular formula is C19H19FN2O2. The predicted octanol–water partition coefficient (Wildman–Crippen LogP) is 4.43. The van der Waals surface area contributed by atoms with Gasteiger partial charge in [0, 0.05) is 0 Å². The number of ether oxygens (including phenoxy) is 1. The molecule has 0 amide bonds. The van der Waals surface area contributed by atoms with E-state index in [1.165, 1.54) is 12.1 Å². The molecule has 4 nitrogen and oxygen atoms in total. The molecule has 0 saturated heterocycles. The van der Waals surface area contributed by atoms with Gasteiger partial charge < -0.3 is 4.74 Å². The molecule has 1 saturated carbocycles. The van der Waals surface area contributed by atoms with Gasteiger partial charge in [-0.2, -0.15) is 14.9 Å². The maximum Gasteiger partial charge on any atom is 0.314 e. The van der Waals surface area contributed by atoms with Crippen molar-refractivity contribution in [3.05, 3.63) is 41.7 Å². The molecule has 0 aromatic heterocycles. The third-order valence-corrected chi connectivity index (χ3v) is 4.39. The zero-order chi connectivity index (χ0) is 17.4. The molecule has 24 heavy (non-hydrogen) atoms. The topological polar surface area (TPSA) is 73.9 Å². The van der Waals surface area contributed by atoms with Gasteiger partial charge in [-0.3, -0.25) is 4.79 Å². The van der Waals surface area contributed by atoms with Crippen LogP contribution >= 0.6 is 0 Å². The summed E-state index contributed by atoms with van der Waals surface area (Å²) in [5, 5.41) is 17.1. The third-order valence-electron chi connectivity index (χ3n) is 4.39. The Kier molecular flexibility index (Phi) is 6.51. The molecule has 2 rings (SSSR count). The van der Waals surface area contributed by atoms with E-state index in [0.717, 1.165) is 32.1 Å². The number of carbonyl (C=O) groups excluding carboxylic acids is 1. The molecule has 0 radical (unpaired) electrons. The van der Waals surface area contributed by atoms with Crippen LogP contribution < -0.4 is 4.74 Å². The van der Waals surface area contributed by atoms with Crippen LogP contribution in [0.15, 0.2) is 36.2 Å². The van der Waals surface area contributed by atoms with Crippen LogP contribution in [0, 0.1) is 34.5 Å². The Balaban J connectivity index is 1.76. The van der Waals surface area contributed by atoms with E-state index in [0.29, 0.717) is 23.7 Å². The van der Waals surface area contributed by atoms with Crippen molar-refractivity contribution >= 4 is 5.97 Å². The van der Waals surface area contributed by atoms with E-state index < -0.39 is 5.83 Å². The Morgan fingerprint density at radius 1 is 1.21 bits per heavy atom. The van der Waals surface area contributed by atoms with Gasteiger partial charge in [-0.05, 0) is 74.8 Å². The summed E-state index contributed by atoms with van der Waals surface area (Å²) < 4.78 is 18.1. The van der Waals surface area contributed by atoms with E-state index in [1.807, 2.05) is 6.07 Å². The SMILES string of the molecule is N#CC(F)=CCC[C@H]1CC[C@H](C(=O)Oc2ccc(C#N)cc2)CC1. The van der Waals surface area contributed by atoms with Crippen molar-refractivity contribution in [2.45, 2.75) is 38.5 Å². The van der Waals surface area contributed by atoms with Crippen LogP contribution in [0.4, 0.5) is 4.39 Å². The van der Waals surface area contributed by atoms with Crippen molar-refractivity contribution in [2.24, 2.45) is 11.8 Å². The minimum Gasteiger partial charge on any atom is -0.426 e. The molecule has 0 aliphatic heterocycles. The zero-order valence-electron chi connectivity index (χ0n) is 13.4. The van der Waals surface area contributed by atoms with Crippen molar-refractivity contribution in [1.82, 2.24) is 0 Å². The van der Waals surface area contributed by atoms with Gasteiger partial charge in [0.25, 0.3) is 0 Å². The lowest BCUT2D eigenvalue weighted by Crippen LogP contribution is -2.25. The summed E-state index contributed by atoms with van der Waals surface area (Å²) in [6.45, 7) is 0. The van der Waals surface area contributed by atoms with Crippen LogP contribution in [0.1, 0.15) is 44.1 Å². The van der Waals surface area contributed by atoms with Crippen molar-refractivity contribution < 1.29 is 13.9 Å². The minimum atomic E-state index is -0.727. The van der Waals surface area contributed by atoms with Crippen LogP contribution in [0.3, 0.4) is 0 Å². The molecule has 0 spiro atoms. The Morgan fingerprint density at radius 2 is 1.88 bits per heavy atom. The molecule has 1 aromatic rings. The summed E-state index contributed by atoms with van der Waals surface area (Å²) in [7, 11) is 0. The first-order valence-electron chi connectivity index (χ1n) is 8.10. The zero-order valence-corrected chi connectivity index (χ0v) is 13.4. The highest BCUT2D eigenvalue weighted by atomic mass is 19.1. The van der Waals surface area contributed by atoms with Crippen molar-refractivity contribution in [1.29, 1.82) is 10.5 Å². The highest BCUT2D eigenvalue weighted by molar-refractivity contribution is 5.75. The fourth-order valence-corrected chi connectivity index (χ4v) is 2.98. The van der Waals surface area contributed by atoms with E-state index in [2.05, 4.69) is 0 Å². The molecule has 1 fully saturated rings. The normalized spacial score (nSPS) is 20.7. The Labute approximate surface area is 141 Å². The van der Waals surface area contributed by atoms with Gasteiger partial charge >= 0.3 is 5.97 Å². The average Bonchev–Trinajstić information content (AvgIpc) is 2.62. The summed E-state index contributed by atoms with van der Waals surface area (Å²) in [6.07, 6.45) is 6.08. The lowest BCUT2D eigenvalue weighted by Gasteiger charge is -2.26. The number of benzene rings is 1. The van der Waals surface area contributed by atoms with Crippen LogP contribution in [0.5, 0.6) is 5.75 Å². The van der Waals surface area contributed by atoms with Crippen LogP contribution in [-0.4, -0.2) is 5.97 Å². The van der Waals surface area contributed by atoms with Gasteiger partial charge in [0.15, 0.2) is 5.83 Å². The van der Waals surface area contributed by atoms with Gasteiger partial charge in [0.2, 0.25) is 0 Å². The second-order valence-corrected chi connectivity index (χ2v) is 6.02. The summed E-state index contributed by atoms with van der Waals surface area (Å²) in [5.74, 6) is -0.142. The van der Waals surface area contributed by atoms with Crippen LogP contribution in [0.2, 0.25) is 0 Å². The fraction of sp³-hybridized carbons (Fsp3) is 0.421. The largest absolute Gasteiger partial charge is 0.426 e. The van der Waals surface area contributed by atoms with E-state index in [-0.39, 0.29) is 11.9 Å². The second kappa shape index (κ2) is 8.84. The minimum absolute atomic E-state index is 0.108. The van der Waals surface area contributed by atoms with Crippen LogP contribution in [-0.2, 0) is 4.79 Å². The molecule has 5 heteroatoms. The van der Waals surface area contributed by atoms with Gasteiger partial charge in [0.1, 0.15) is 11.8 Å². The first-order chi connectivity index (χ1) is 11.6. The first kappa shape index (κ1) is 17.7. The molecule has 1 aromatic carbocycles. The number of allylic oxidation sites excluding steroid dienone is 2. The van der Waals surface area contributed by atoms with E-state index in [9.17, 15) is 9.18 Å². The molecule has 0 unspecified atom stereocenters. The summed E-state index contributed by atoms with van der Waals surface area (Å²) in [5.41, 5.74) is 0.525. The summed E-state index contributed by atoms with van der Waals surface area (Å²) >= 11 is 0. The van der Waals surface area contributed by atoms with Gasteiger partial charge in [-0.25, -0.2) is 0 Å². The predicted molar refractivity (Wildman–Crippen MR) is 86.3 cm³/mol.